The van der Waals surface area contributed by atoms with Crippen molar-refractivity contribution in [3.8, 4) is 0 Å². The van der Waals surface area contributed by atoms with E-state index in [0.29, 0.717) is 25.2 Å². The lowest BCUT2D eigenvalue weighted by molar-refractivity contribution is 0.0935. The van der Waals surface area contributed by atoms with Gasteiger partial charge in [-0.1, -0.05) is 49.4 Å². The Morgan fingerprint density at radius 1 is 1.08 bits per heavy atom. The molecule has 0 bridgehead atoms. The summed E-state index contributed by atoms with van der Waals surface area (Å²) in [6.07, 6.45) is 3.13. The summed E-state index contributed by atoms with van der Waals surface area (Å²) >= 11 is 0. The van der Waals surface area contributed by atoms with Crippen LogP contribution in [0.3, 0.4) is 0 Å². The number of carbonyl (C=O) groups excluding carboxylic acids is 1. The molecule has 3 aromatic rings. The summed E-state index contributed by atoms with van der Waals surface area (Å²) in [6, 6.07) is 17.7. The molecular formula is C30H40N4O2. The monoisotopic (exact) mass is 488 g/mol. The molecule has 1 saturated heterocycles. The highest BCUT2D eigenvalue weighted by molar-refractivity contribution is 5.89. The molecule has 0 saturated carbocycles. The van der Waals surface area contributed by atoms with Crippen LogP contribution < -0.4 is 5.32 Å². The fraction of sp³-hybridized carbons (Fsp3) is 0.500. The number of hydrogen-bond donors (Lipinski definition) is 2. The number of likely N-dealkylation sites (tertiary alicyclic amines) is 1. The minimum atomic E-state index is 0.0640. The lowest BCUT2D eigenvalue weighted by Gasteiger charge is -2.47. The van der Waals surface area contributed by atoms with Gasteiger partial charge in [0.1, 0.15) is 0 Å². The normalized spacial score (nSPS) is 21.4. The van der Waals surface area contributed by atoms with Crippen molar-refractivity contribution in [2.45, 2.75) is 71.2 Å². The van der Waals surface area contributed by atoms with Gasteiger partial charge in [-0.25, -0.2) is 4.79 Å². The van der Waals surface area contributed by atoms with E-state index in [9.17, 15) is 4.79 Å². The van der Waals surface area contributed by atoms with E-state index in [2.05, 4.69) is 64.6 Å². The first-order valence-corrected chi connectivity index (χ1v) is 13.7. The van der Waals surface area contributed by atoms with Crippen LogP contribution in [0.4, 0.5) is 4.79 Å². The van der Waals surface area contributed by atoms with Crippen LogP contribution >= 0.6 is 0 Å². The topological polar surface area (TPSA) is 60.6 Å². The van der Waals surface area contributed by atoms with E-state index in [1.807, 2.05) is 24.8 Å². The van der Waals surface area contributed by atoms with E-state index in [0.717, 1.165) is 45.4 Å². The third-order valence-corrected chi connectivity index (χ3v) is 8.03. The first-order valence-electron chi connectivity index (χ1n) is 13.7. The van der Waals surface area contributed by atoms with Crippen LogP contribution in [0.2, 0.25) is 0 Å². The summed E-state index contributed by atoms with van der Waals surface area (Å²) < 4.78 is 6.16. The second kappa shape index (κ2) is 11.1. The Hall–Kier alpha value is -2.83. The average Bonchev–Trinajstić information content (AvgIpc) is 3.24. The maximum Gasteiger partial charge on any atom is 0.317 e. The lowest BCUT2D eigenvalue weighted by atomic mass is 9.73. The van der Waals surface area contributed by atoms with Gasteiger partial charge in [-0.3, -0.25) is 4.90 Å². The van der Waals surface area contributed by atoms with Crippen molar-refractivity contribution in [2.75, 3.05) is 26.2 Å². The summed E-state index contributed by atoms with van der Waals surface area (Å²) in [7, 11) is 0. The highest BCUT2D eigenvalue weighted by Crippen LogP contribution is 2.44. The molecule has 2 heterocycles. The van der Waals surface area contributed by atoms with E-state index in [-0.39, 0.29) is 12.1 Å². The first kappa shape index (κ1) is 24.8. The van der Waals surface area contributed by atoms with Gasteiger partial charge in [-0.2, -0.15) is 0 Å². The maximum absolute atomic E-state index is 12.9. The number of aromatic nitrogens is 1. The summed E-state index contributed by atoms with van der Waals surface area (Å²) in [5.41, 5.74) is 6.45. The number of hydrogen-bond acceptors (Lipinski definition) is 3. The number of piperidine rings is 1. The van der Waals surface area contributed by atoms with E-state index in [1.165, 1.54) is 33.3 Å². The zero-order valence-electron chi connectivity index (χ0n) is 21.9. The Morgan fingerprint density at radius 3 is 2.64 bits per heavy atom. The maximum atomic E-state index is 12.9. The Morgan fingerprint density at radius 2 is 1.89 bits per heavy atom. The van der Waals surface area contributed by atoms with Crippen molar-refractivity contribution in [1.29, 1.82) is 0 Å². The van der Waals surface area contributed by atoms with Crippen LogP contribution in [0, 0.1) is 0 Å². The molecule has 2 aliphatic rings. The predicted octanol–water partition coefficient (Wildman–Crippen LogP) is 5.43. The van der Waals surface area contributed by atoms with Crippen molar-refractivity contribution in [3.63, 3.8) is 0 Å². The van der Waals surface area contributed by atoms with Crippen LogP contribution in [0.15, 0.2) is 48.5 Å². The summed E-state index contributed by atoms with van der Waals surface area (Å²) in [5.74, 6) is 0.414. The molecule has 1 aromatic heterocycles. The van der Waals surface area contributed by atoms with Gasteiger partial charge in [0.2, 0.25) is 0 Å². The van der Waals surface area contributed by atoms with Gasteiger partial charge in [-0.05, 0) is 62.4 Å². The molecule has 6 heteroatoms. The molecule has 1 unspecified atom stereocenters. The Labute approximate surface area is 215 Å². The van der Waals surface area contributed by atoms with Crippen LogP contribution in [-0.2, 0) is 24.4 Å². The number of amides is 2. The number of fused-ring (bicyclic) bond motifs is 2. The Bertz CT molecular complexity index is 1170. The number of benzene rings is 2. The number of ether oxygens (including phenoxy) is 1. The van der Waals surface area contributed by atoms with Crippen LogP contribution in [0.1, 0.15) is 61.9 Å². The van der Waals surface area contributed by atoms with Gasteiger partial charge in [0.15, 0.2) is 0 Å². The molecule has 1 aliphatic carbocycles. The number of H-pyrrole nitrogens is 1. The summed E-state index contributed by atoms with van der Waals surface area (Å²) in [6.45, 7) is 11.0. The summed E-state index contributed by atoms with van der Waals surface area (Å²) in [5, 5.41) is 4.74. The largest absolute Gasteiger partial charge is 0.371 e. The number of urea groups is 1. The fourth-order valence-corrected chi connectivity index (χ4v) is 6.35. The van der Waals surface area contributed by atoms with E-state index in [4.69, 9.17) is 4.74 Å². The van der Waals surface area contributed by atoms with Gasteiger partial charge in [0.25, 0.3) is 0 Å². The third-order valence-electron chi connectivity index (χ3n) is 8.03. The van der Waals surface area contributed by atoms with Crippen LogP contribution in [0.25, 0.3) is 10.9 Å². The molecule has 2 aromatic carbocycles. The molecule has 2 amide bonds. The molecule has 192 valence electrons. The van der Waals surface area contributed by atoms with E-state index in [1.54, 1.807) is 0 Å². The fourth-order valence-electron chi connectivity index (χ4n) is 6.35. The minimum Gasteiger partial charge on any atom is -0.371 e. The number of nitrogens with one attached hydrogen (secondary N) is 2. The van der Waals surface area contributed by atoms with Gasteiger partial charge >= 0.3 is 6.03 Å². The quantitative estimate of drug-likeness (QED) is 0.422. The van der Waals surface area contributed by atoms with Gasteiger partial charge in [0, 0.05) is 54.2 Å². The van der Waals surface area contributed by atoms with Crippen molar-refractivity contribution in [1.82, 2.24) is 20.1 Å². The van der Waals surface area contributed by atoms with E-state index >= 15 is 0 Å². The molecule has 36 heavy (non-hydrogen) atoms. The first-order chi connectivity index (χ1) is 17.6. The molecule has 3 atom stereocenters. The molecule has 1 fully saturated rings. The van der Waals surface area contributed by atoms with Crippen molar-refractivity contribution < 1.29 is 9.53 Å². The molecule has 0 spiro atoms. The van der Waals surface area contributed by atoms with Crippen molar-refractivity contribution in [2.24, 2.45) is 0 Å². The molecular weight excluding hydrogens is 448 g/mol. The second-order valence-corrected chi connectivity index (χ2v) is 10.3. The second-order valence-electron chi connectivity index (χ2n) is 10.3. The third kappa shape index (κ3) is 4.89. The number of rotatable bonds is 9. The zero-order chi connectivity index (χ0) is 25.1. The lowest BCUT2D eigenvalue weighted by Crippen LogP contribution is -2.58. The molecule has 1 aliphatic heterocycles. The van der Waals surface area contributed by atoms with Crippen LogP contribution in [-0.4, -0.2) is 59.1 Å². The van der Waals surface area contributed by atoms with Gasteiger partial charge in [-0.15, -0.1) is 0 Å². The van der Waals surface area contributed by atoms with E-state index < -0.39 is 0 Å². The Balaban J connectivity index is 1.40. The number of nitrogens with zero attached hydrogens (tertiary/aromatic N) is 2. The molecule has 5 rings (SSSR count). The molecule has 0 radical (unpaired) electrons. The molecule has 2 N–H and O–H groups in total. The standard InChI is InChI=1S/C30H40N4O2/c1-4-15-34-18-22(31-30(35)33(5-2)6-3)16-24-23-13-10-14-26-29(23)25(17-28(24)34)27(32-26)20-36-19-21-11-8-7-9-12-21/h7-14,22,24,28,32H,4-6,15-20H2,1-3H3,(H,31,35)/t22-,24?,28+/m0/s1. The van der Waals surface area contributed by atoms with Crippen molar-refractivity contribution in [3.05, 3.63) is 70.9 Å². The number of carbonyl (C=O) groups is 1. The Kier molecular flexibility index (Phi) is 7.63. The number of aromatic amines is 1. The van der Waals surface area contributed by atoms with Gasteiger partial charge < -0.3 is 19.9 Å². The average molecular weight is 489 g/mol. The highest BCUT2D eigenvalue weighted by Gasteiger charge is 2.41. The zero-order valence-corrected chi connectivity index (χ0v) is 21.9. The minimum absolute atomic E-state index is 0.0640. The molecule has 6 nitrogen and oxygen atoms in total. The smallest absolute Gasteiger partial charge is 0.317 e. The highest BCUT2D eigenvalue weighted by atomic mass is 16.5. The van der Waals surface area contributed by atoms with Gasteiger partial charge in [0.05, 0.1) is 13.2 Å². The predicted molar refractivity (Wildman–Crippen MR) is 145 cm³/mol. The SMILES string of the molecule is CCCN1C[C@@H](NC(=O)N(CC)CC)CC2c3cccc4[nH]c(COCc5ccccc5)c(c34)C[C@H]21. The van der Waals surface area contributed by atoms with Crippen molar-refractivity contribution >= 4 is 16.9 Å². The summed E-state index contributed by atoms with van der Waals surface area (Å²) in [4.78, 5) is 21.1. The van der Waals surface area contributed by atoms with Crippen LogP contribution in [0.5, 0.6) is 0 Å².